The third-order valence-electron chi connectivity index (χ3n) is 4.16. The number of ether oxygens (including phenoxy) is 2. The molecule has 1 aromatic rings. The van der Waals surface area contributed by atoms with E-state index < -0.39 is 35.2 Å². The Morgan fingerprint density at radius 3 is 2.48 bits per heavy atom. The predicted molar refractivity (Wildman–Crippen MR) is 85.4 cm³/mol. The van der Waals surface area contributed by atoms with E-state index in [0.29, 0.717) is 11.6 Å². The van der Waals surface area contributed by atoms with Gasteiger partial charge in [0.05, 0.1) is 25.3 Å². The summed E-state index contributed by atoms with van der Waals surface area (Å²) in [6.45, 7) is 5.85. The fourth-order valence-corrected chi connectivity index (χ4v) is 3.16. The van der Waals surface area contributed by atoms with Crippen molar-refractivity contribution in [3.05, 3.63) is 41.2 Å². The van der Waals surface area contributed by atoms with E-state index in [2.05, 4.69) is 0 Å². The Kier molecular flexibility index (Phi) is 4.53. The molecular weight excluding hydrogens is 335 g/mol. The Hall–Kier alpha value is -2.02. The first-order chi connectivity index (χ1) is 11.7. The van der Waals surface area contributed by atoms with Gasteiger partial charge in [-0.25, -0.2) is 18.0 Å². The molecule has 7 heteroatoms. The van der Waals surface area contributed by atoms with Crippen molar-refractivity contribution in [1.82, 2.24) is 4.90 Å². The standard InChI is InChI=1S/C18H20F3NO3/c1-18(2,3)25-17(23)22-11-4-10(5-12(22)9-24-8-11)13-6-15(20)16(21)7-14(13)19/h4,6-7,11-12H,5,8-9H2,1-3H3. The molecule has 0 aliphatic carbocycles. The van der Waals surface area contributed by atoms with Gasteiger partial charge >= 0.3 is 6.09 Å². The average Bonchev–Trinajstić information content (AvgIpc) is 2.47. The highest BCUT2D eigenvalue weighted by Gasteiger charge is 2.40. The predicted octanol–water partition coefficient (Wildman–Crippen LogP) is 3.90. The van der Waals surface area contributed by atoms with E-state index in [9.17, 15) is 18.0 Å². The van der Waals surface area contributed by atoms with E-state index in [0.717, 1.165) is 6.07 Å². The lowest BCUT2D eigenvalue weighted by atomic mass is 9.89. The molecule has 1 saturated heterocycles. The summed E-state index contributed by atoms with van der Waals surface area (Å²) >= 11 is 0. The van der Waals surface area contributed by atoms with Crippen LogP contribution in [0.1, 0.15) is 32.8 Å². The first-order valence-corrected chi connectivity index (χ1v) is 8.10. The number of fused-ring (bicyclic) bond motifs is 2. The maximum Gasteiger partial charge on any atom is 0.411 e. The van der Waals surface area contributed by atoms with Crippen LogP contribution >= 0.6 is 0 Å². The SMILES string of the molecule is CC(C)(C)OC(=O)N1C2C=C(c3cc(F)c(F)cc3F)CC1COC2. The second-order valence-electron chi connectivity index (χ2n) is 7.29. The van der Waals surface area contributed by atoms with Gasteiger partial charge in [-0.3, -0.25) is 4.90 Å². The minimum atomic E-state index is -1.23. The molecule has 0 N–H and O–H groups in total. The maximum atomic E-state index is 14.1. The quantitative estimate of drug-likeness (QED) is 0.718. The molecule has 2 unspecified atom stereocenters. The van der Waals surface area contributed by atoms with Crippen LogP contribution in [0.2, 0.25) is 0 Å². The summed E-state index contributed by atoms with van der Waals surface area (Å²) in [6, 6.07) is 0.611. The normalized spacial score (nSPS) is 23.3. The number of nitrogens with zero attached hydrogens (tertiary/aromatic N) is 1. The number of benzene rings is 1. The third-order valence-corrected chi connectivity index (χ3v) is 4.16. The fraction of sp³-hybridized carbons (Fsp3) is 0.500. The lowest BCUT2D eigenvalue weighted by Gasteiger charge is -2.44. The first kappa shape index (κ1) is 17.8. The van der Waals surface area contributed by atoms with Crippen LogP contribution in [0.15, 0.2) is 18.2 Å². The van der Waals surface area contributed by atoms with Gasteiger partial charge in [0.25, 0.3) is 0 Å². The van der Waals surface area contributed by atoms with Crippen LogP contribution in [-0.4, -0.2) is 41.9 Å². The Morgan fingerprint density at radius 2 is 1.84 bits per heavy atom. The van der Waals surface area contributed by atoms with Gasteiger partial charge in [0, 0.05) is 11.6 Å². The van der Waals surface area contributed by atoms with Crippen molar-refractivity contribution >= 4 is 11.7 Å². The van der Waals surface area contributed by atoms with Gasteiger partial charge in [0.2, 0.25) is 0 Å². The lowest BCUT2D eigenvalue weighted by molar-refractivity contribution is -0.0510. The van der Waals surface area contributed by atoms with E-state index in [1.165, 1.54) is 0 Å². The second-order valence-corrected chi connectivity index (χ2v) is 7.29. The molecule has 1 aromatic carbocycles. The number of amides is 1. The van der Waals surface area contributed by atoms with E-state index in [-0.39, 0.29) is 31.2 Å². The summed E-state index contributed by atoms with van der Waals surface area (Å²) < 4.78 is 51.7. The number of hydrogen-bond acceptors (Lipinski definition) is 3. The van der Waals surface area contributed by atoms with Crippen molar-refractivity contribution < 1.29 is 27.4 Å². The molecule has 2 heterocycles. The molecule has 2 aliphatic rings. The Morgan fingerprint density at radius 1 is 1.16 bits per heavy atom. The molecule has 136 valence electrons. The van der Waals surface area contributed by atoms with Crippen LogP contribution in [0, 0.1) is 17.5 Å². The zero-order chi connectivity index (χ0) is 18.4. The number of carbonyl (C=O) groups is 1. The fourth-order valence-electron chi connectivity index (χ4n) is 3.16. The van der Waals surface area contributed by atoms with Crippen LogP contribution in [-0.2, 0) is 9.47 Å². The first-order valence-electron chi connectivity index (χ1n) is 8.10. The molecule has 0 aromatic heterocycles. The largest absolute Gasteiger partial charge is 0.444 e. The van der Waals surface area contributed by atoms with Crippen molar-refractivity contribution in [2.45, 2.75) is 44.9 Å². The summed E-state index contributed by atoms with van der Waals surface area (Å²) in [5.41, 5.74) is -0.0863. The molecule has 2 aliphatic heterocycles. The summed E-state index contributed by atoms with van der Waals surface area (Å²) in [5, 5.41) is 0. The number of morpholine rings is 1. The highest BCUT2D eigenvalue weighted by atomic mass is 19.2. The van der Waals surface area contributed by atoms with Crippen LogP contribution in [0.4, 0.5) is 18.0 Å². The molecule has 4 nitrogen and oxygen atoms in total. The van der Waals surface area contributed by atoms with Crippen LogP contribution in [0.5, 0.6) is 0 Å². The minimum Gasteiger partial charge on any atom is -0.444 e. The topological polar surface area (TPSA) is 38.8 Å². The van der Waals surface area contributed by atoms with Crippen molar-refractivity contribution in [3.8, 4) is 0 Å². The van der Waals surface area contributed by atoms with E-state index in [1.54, 1.807) is 31.7 Å². The summed E-state index contributed by atoms with van der Waals surface area (Å²) in [6.07, 6.45) is 1.47. The van der Waals surface area contributed by atoms with Gasteiger partial charge in [0.1, 0.15) is 11.4 Å². The lowest BCUT2D eigenvalue weighted by Crippen LogP contribution is -2.57. The van der Waals surface area contributed by atoms with Gasteiger partial charge in [-0.05, 0) is 38.8 Å². The van der Waals surface area contributed by atoms with Crippen molar-refractivity contribution in [2.75, 3.05) is 13.2 Å². The molecule has 1 amide bonds. The van der Waals surface area contributed by atoms with Crippen LogP contribution in [0.3, 0.4) is 0 Å². The number of carbonyl (C=O) groups excluding carboxylic acids is 1. The van der Waals surface area contributed by atoms with Gasteiger partial charge in [-0.2, -0.15) is 0 Å². The monoisotopic (exact) mass is 355 g/mol. The Balaban J connectivity index is 1.92. The molecular formula is C18H20F3NO3. The Labute approximate surface area is 144 Å². The van der Waals surface area contributed by atoms with Gasteiger partial charge in [0.15, 0.2) is 11.6 Å². The summed E-state index contributed by atoms with van der Waals surface area (Å²) in [5.74, 6) is -3.15. The van der Waals surface area contributed by atoms with Crippen LogP contribution < -0.4 is 0 Å². The average molecular weight is 355 g/mol. The van der Waals surface area contributed by atoms with E-state index in [1.807, 2.05) is 0 Å². The van der Waals surface area contributed by atoms with Crippen molar-refractivity contribution in [2.24, 2.45) is 0 Å². The second kappa shape index (κ2) is 6.37. The molecule has 2 bridgehead atoms. The van der Waals surface area contributed by atoms with Crippen molar-refractivity contribution in [3.63, 3.8) is 0 Å². The smallest absolute Gasteiger partial charge is 0.411 e. The Bertz CT molecular complexity index is 727. The third kappa shape index (κ3) is 3.66. The molecule has 3 rings (SSSR count). The molecule has 0 radical (unpaired) electrons. The van der Waals surface area contributed by atoms with Crippen molar-refractivity contribution in [1.29, 1.82) is 0 Å². The number of halogens is 3. The highest BCUT2D eigenvalue weighted by molar-refractivity contribution is 5.75. The molecule has 0 spiro atoms. The number of rotatable bonds is 1. The zero-order valence-electron chi connectivity index (χ0n) is 14.3. The van der Waals surface area contributed by atoms with E-state index in [4.69, 9.17) is 9.47 Å². The van der Waals surface area contributed by atoms with Gasteiger partial charge < -0.3 is 9.47 Å². The maximum absolute atomic E-state index is 14.1. The zero-order valence-corrected chi connectivity index (χ0v) is 14.3. The minimum absolute atomic E-state index is 0.0136. The van der Waals surface area contributed by atoms with Crippen LogP contribution in [0.25, 0.3) is 5.57 Å². The van der Waals surface area contributed by atoms with Gasteiger partial charge in [-0.1, -0.05) is 6.08 Å². The molecule has 25 heavy (non-hydrogen) atoms. The molecule has 0 saturated carbocycles. The van der Waals surface area contributed by atoms with E-state index >= 15 is 0 Å². The summed E-state index contributed by atoms with van der Waals surface area (Å²) in [7, 11) is 0. The molecule has 2 atom stereocenters. The number of hydrogen-bond donors (Lipinski definition) is 0. The van der Waals surface area contributed by atoms with Gasteiger partial charge in [-0.15, -0.1) is 0 Å². The summed E-state index contributed by atoms with van der Waals surface area (Å²) in [4.78, 5) is 14.1. The highest BCUT2D eigenvalue weighted by Crippen LogP contribution is 2.35. The molecule has 1 fully saturated rings.